The van der Waals surface area contributed by atoms with Crippen molar-refractivity contribution in [1.29, 1.82) is 15.8 Å². The summed E-state index contributed by atoms with van der Waals surface area (Å²) in [5.41, 5.74) is 2.73. The third-order valence-corrected chi connectivity index (χ3v) is 3.21. The summed E-state index contributed by atoms with van der Waals surface area (Å²) in [4.78, 5) is 0. The van der Waals surface area contributed by atoms with Crippen LogP contribution in [0.2, 0.25) is 0 Å². The molecule has 1 N–H and O–H groups in total. The predicted molar refractivity (Wildman–Crippen MR) is 82.1 cm³/mol. The number of para-hydroxylation sites is 1. The van der Waals surface area contributed by atoms with Crippen LogP contribution < -0.4 is 5.32 Å². The summed E-state index contributed by atoms with van der Waals surface area (Å²) in [6.07, 6.45) is 0. The van der Waals surface area contributed by atoms with Crippen molar-refractivity contribution in [2.45, 2.75) is 39.5 Å². The zero-order chi connectivity index (χ0) is 16.0. The molecule has 1 rings (SSSR count). The Hall–Kier alpha value is -2.77. The second-order valence-electron chi connectivity index (χ2n) is 5.33. The molecule has 0 unspecified atom stereocenters. The number of hydrogen-bond donors (Lipinski definition) is 1. The summed E-state index contributed by atoms with van der Waals surface area (Å²) in [5.74, 6) is 0.525. The molecule has 0 aliphatic carbocycles. The SMILES string of the molecule is CC(C)c1cccc(C(C)C)c1NC(C#N)=C(C#N)C#N. The normalized spacial score (nSPS) is 9.67. The van der Waals surface area contributed by atoms with E-state index < -0.39 is 0 Å². The molecule has 21 heavy (non-hydrogen) atoms. The van der Waals surface area contributed by atoms with Crippen molar-refractivity contribution in [3.05, 3.63) is 40.6 Å². The number of hydrogen-bond acceptors (Lipinski definition) is 4. The minimum atomic E-state index is -0.203. The van der Waals surface area contributed by atoms with Gasteiger partial charge in [-0.2, -0.15) is 15.8 Å². The van der Waals surface area contributed by atoms with E-state index >= 15 is 0 Å². The van der Waals surface area contributed by atoms with Gasteiger partial charge in [-0.05, 0) is 23.0 Å². The van der Waals surface area contributed by atoms with Gasteiger partial charge in [-0.3, -0.25) is 0 Å². The van der Waals surface area contributed by atoms with Crippen LogP contribution in [0.1, 0.15) is 50.7 Å². The van der Waals surface area contributed by atoms with E-state index in [-0.39, 0.29) is 23.1 Å². The van der Waals surface area contributed by atoms with Gasteiger partial charge in [0, 0.05) is 5.69 Å². The van der Waals surface area contributed by atoms with Crippen molar-refractivity contribution in [3.8, 4) is 18.2 Å². The van der Waals surface area contributed by atoms with Crippen molar-refractivity contribution in [2.75, 3.05) is 5.32 Å². The maximum atomic E-state index is 9.21. The third kappa shape index (κ3) is 3.62. The Morgan fingerprint density at radius 3 is 1.71 bits per heavy atom. The quantitative estimate of drug-likeness (QED) is 0.838. The number of allylic oxidation sites excluding steroid dienone is 2. The lowest BCUT2D eigenvalue weighted by molar-refractivity contribution is 0.837. The minimum absolute atomic E-state index is 0.00463. The van der Waals surface area contributed by atoms with Crippen molar-refractivity contribution >= 4 is 5.69 Å². The smallest absolute Gasteiger partial charge is 0.163 e. The Bertz CT molecular complexity index is 634. The molecule has 0 aliphatic heterocycles. The highest BCUT2D eigenvalue weighted by Gasteiger charge is 2.16. The van der Waals surface area contributed by atoms with Crippen LogP contribution in [0, 0.1) is 34.0 Å². The van der Waals surface area contributed by atoms with Crippen molar-refractivity contribution in [3.63, 3.8) is 0 Å². The average Bonchev–Trinajstić information content (AvgIpc) is 2.46. The van der Waals surface area contributed by atoms with E-state index in [2.05, 4.69) is 33.0 Å². The lowest BCUT2D eigenvalue weighted by Gasteiger charge is -2.20. The first-order chi connectivity index (χ1) is 9.96. The molecule has 0 aromatic heterocycles. The lowest BCUT2D eigenvalue weighted by Crippen LogP contribution is -2.08. The topological polar surface area (TPSA) is 83.4 Å². The number of nitrogens with one attached hydrogen (secondary N) is 1. The highest BCUT2D eigenvalue weighted by Crippen LogP contribution is 2.33. The minimum Gasteiger partial charge on any atom is -0.345 e. The van der Waals surface area contributed by atoms with E-state index in [0.717, 1.165) is 16.8 Å². The van der Waals surface area contributed by atoms with Gasteiger partial charge in [-0.25, -0.2) is 0 Å². The molecule has 1 aromatic carbocycles. The molecule has 0 spiro atoms. The molecule has 4 heteroatoms. The van der Waals surface area contributed by atoms with Gasteiger partial charge < -0.3 is 5.32 Å². The number of nitrogens with zero attached hydrogens (tertiary/aromatic N) is 3. The van der Waals surface area contributed by atoms with E-state index in [9.17, 15) is 5.26 Å². The molecule has 0 saturated carbocycles. The summed E-state index contributed by atoms with van der Waals surface area (Å²) in [6.45, 7) is 8.26. The van der Waals surface area contributed by atoms with E-state index in [1.165, 1.54) is 0 Å². The molecule has 0 aliphatic rings. The molecule has 1 aromatic rings. The molecule has 0 radical (unpaired) electrons. The molecular weight excluding hydrogens is 260 g/mol. The highest BCUT2D eigenvalue weighted by atomic mass is 14.9. The van der Waals surface area contributed by atoms with Gasteiger partial charge in [0.1, 0.15) is 23.9 Å². The van der Waals surface area contributed by atoms with Crippen LogP contribution >= 0.6 is 0 Å². The van der Waals surface area contributed by atoms with E-state index in [1.807, 2.05) is 24.3 Å². The zero-order valence-corrected chi connectivity index (χ0v) is 12.7. The number of nitriles is 3. The molecule has 106 valence electrons. The second kappa shape index (κ2) is 7.13. The summed E-state index contributed by atoms with van der Waals surface area (Å²) in [5, 5.41) is 30.1. The van der Waals surface area contributed by atoms with Gasteiger partial charge in [0.2, 0.25) is 0 Å². The van der Waals surface area contributed by atoms with Crippen molar-refractivity contribution in [2.24, 2.45) is 0 Å². The Morgan fingerprint density at radius 2 is 1.38 bits per heavy atom. The Morgan fingerprint density at radius 1 is 0.905 bits per heavy atom. The van der Waals surface area contributed by atoms with Crippen LogP contribution in [0.15, 0.2) is 29.5 Å². The van der Waals surface area contributed by atoms with Gasteiger partial charge in [0.15, 0.2) is 5.57 Å². The Kier molecular flexibility index (Phi) is 5.53. The lowest BCUT2D eigenvalue weighted by atomic mass is 9.92. The Labute approximate surface area is 125 Å². The molecule has 0 amide bonds. The maximum Gasteiger partial charge on any atom is 0.163 e. The van der Waals surface area contributed by atoms with Crippen molar-refractivity contribution < 1.29 is 0 Å². The largest absolute Gasteiger partial charge is 0.345 e. The fourth-order valence-electron chi connectivity index (χ4n) is 2.10. The number of anilines is 1. The molecule has 0 saturated heterocycles. The van der Waals surface area contributed by atoms with E-state index in [4.69, 9.17) is 10.5 Å². The van der Waals surface area contributed by atoms with Gasteiger partial charge in [-0.1, -0.05) is 45.9 Å². The molecule has 4 nitrogen and oxygen atoms in total. The second-order valence-corrected chi connectivity index (χ2v) is 5.33. The van der Waals surface area contributed by atoms with Crippen LogP contribution in [0.3, 0.4) is 0 Å². The van der Waals surface area contributed by atoms with Crippen LogP contribution in [0.25, 0.3) is 0 Å². The monoisotopic (exact) mass is 278 g/mol. The number of benzene rings is 1. The van der Waals surface area contributed by atoms with Crippen LogP contribution in [0.5, 0.6) is 0 Å². The first-order valence-corrected chi connectivity index (χ1v) is 6.80. The molecule has 0 heterocycles. The molecular formula is C17H18N4. The van der Waals surface area contributed by atoms with Crippen LogP contribution in [-0.2, 0) is 0 Å². The van der Waals surface area contributed by atoms with Gasteiger partial charge in [0.05, 0.1) is 0 Å². The van der Waals surface area contributed by atoms with Gasteiger partial charge >= 0.3 is 0 Å². The van der Waals surface area contributed by atoms with Gasteiger partial charge in [0.25, 0.3) is 0 Å². The van der Waals surface area contributed by atoms with Crippen LogP contribution in [0.4, 0.5) is 5.69 Å². The third-order valence-electron chi connectivity index (χ3n) is 3.21. The predicted octanol–water partition coefficient (Wildman–Crippen LogP) is 4.17. The summed E-state index contributed by atoms with van der Waals surface area (Å²) in [7, 11) is 0. The molecule has 0 bridgehead atoms. The standard InChI is InChI=1S/C17H18N4/c1-11(2)14-6-5-7-15(12(3)4)17(14)21-16(10-20)13(8-18)9-19/h5-7,11-12,21H,1-4H3. The molecule has 0 atom stereocenters. The fourth-order valence-corrected chi connectivity index (χ4v) is 2.10. The summed E-state index contributed by atoms with van der Waals surface area (Å²) in [6, 6.07) is 11.4. The van der Waals surface area contributed by atoms with Crippen molar-refractivity contribution in [1.82, 2.24) is 0 Å². The van der Waals surface area contributed by atoms with Crippen LogP contribution in [-0.4, -0.2) is 0 Å². The average molecular weight is 278 g/mol. The Balaban J connectivity index is 3.50. The first kappa shape index (κ1) is 16.3. The zero-order valence-electron chi connectivity index (χ0n) is 12.7. The maximum absolute atomic E-state index is 9.21. The first-order valence-electron chi connectivity index (χ1n) is 6.80. The summed E-state index contributed by atoms with van der Waals surface area (Å²) < 4.78 is 0. The highest BCUT2D eigenvalue weighted by molar-refractivity contribution is 5.66. The number of rotatable bonds is 4. The summed E-state index contributed by atoms with van der Waals surface area (Å²) >= 11 is 0. The van der Waals surface area contributed by atoms with Gasteiger partial charge in [-0.15, -0.1) is 0 Å². The van der Waals surface area contributed by atoms with E-state index in [0.29, 0.717) is 0 Å². The molecule has 0 fully saturated rings. The van der Waals surface area contributed by atoms with E-state index in [1.54, 1.807) is 12.1 Å². The fraction of sp³-hybridized carbons (Fsp3) is 0.353.